The van der Waals surface area contributed by atoms with Gasteiger partial charge < -0.3 is 5.11 Å². The fourth-order valence-electron chi connectivity index (χ4n) is 3.63. The number of carboxylic acid groups (broad SMARTS) is 1. The number of hydrogen-bond donors (Lipinski definition) is 1. The summed E-state index contributed by atoms with van der Waals surface area (Å²) in [5.74, 6) is -0.454. The Hall–Kier alpha value is -2.13. The number of hydrogen-bond acceptors (Lipinski definition) is 2. The molecule has 2 aromatic carbocycles. The van der Waals surface area contributed by atoms with Crippen LogP contribution in [0.4, 0.5) is 0 Å². The maximum atomic E-state index is 11.5. The number of rotatable bonds is 4. The first-order valence-corrected chi connectivity index (χ1v) is 8.24. The van der Waals surface area contributed by atoms with Gasteiger partial charge in [0.15, 0.2) is 0 Å². The Bertz CT molecular complexity index is 673. The van der Waals surface area contributed by atoms with E-state index in [0.29, 0.717) is 11.5 Å². The van der Waals surface area contributed by atoms with E-state index in [-0.39, 0.29) is 0 Å². The average Bonchev–Trinajstić information content (AvgIpc) is 2.56. The van der Waals surface area contributed by atoms with Crippen LogP contribution >= 0.6 is 0 Å². The van der Waals surface area contributed by atoms with E-state index in [1.807, 2.05) is 25.1 Å². The van der Waals surface area contributed by atoms with Crippen LogP contribution in [0.25, 0.3) is 0 Å². The molecule has 1 heterocycles. The molecule has 1 fully saturated rings. The van der Waals surface area contributed by atoms with Gasteiger partial charge >= 0.3 is 5.97 Å². The first-order chi connectivity index (χ1) is 11.1. The monoisotopic (exact) mass is 309 g/mol. The Morgan fingerprint density at radius 2 is 1.78 bits per heavy atom. The maximum Gasteiger partial charge on any atom is 0.335 e. The van der Waals surface area contributed by atoms with Crippen LogP contribution in [-0.4, -0.2) is 29.1 Å². The van der Waals surface area contributed by atoms with Gasteiger partial charge in [0.2, 0.25) is 0 Å². The van der Waals surface area contributed by atoms with Crippen LogP contribution < -0.4 is 0 Å². The molecule has 1 aliphatic rings. The summed E-state index contributed by atoms with van der Waals surface area (Å²) in [7, 11) is 0. The minimum atomic E-state index is -0.810. The van der Waals surface area contributed by atoms with Crippen LogP contribution in [0.1, 0.15) is 45.8 Å². The van der Waals surface area contributed by atoms with Gasteiger partial charge in [-0.05, 0) is 61.5 Å². The third kappa shape index (κ3) is 3.62. The number of aryl methyl sites for hydroxylation is 1. The van der Waals surface area contributed by atoms with Gasteiger partial charge in [-0.1, -0.05) is 42.5 Å². The van der Waals surface area contributed by atoms with E-state index in [4.69, 9.17) is 0 Å². The van der Waals surface area contributed by atoms with Gasteiger partial charge in [-0.2, -0.15) is 0 Å². The van der Waals surface area contributed by atoms with E-state index in [0.717, 1.165) is 43.6 Å². The number of aromatic carboxylic acids is 1. The molecule has 1 saturated heterocycles. The van der Waals surface area contributed by atoms with Crippen LogP contribution in [-0.2, 0) is 6.54 Å². The van der Waals surface area contributed by atoms with Crippen molar-refractivity contribution in [3.8, 4) is 0 Å². The highest BCUT2D eigenvalue weighted by Crippen LogP contribution is 2.33. The minimum Gasteiger partial charge on any atom is -0.478 e. The molecule has 0 amide bonds. The van der Waals surface area contributed by atoms with Gasteiger partial charge in [-0.3, -0.25) is 4.90 Å². The zero-order chi connectivity index (χ0) is 16.2. The molecular formula is C20H23NO2. The van der Waals surface area contributed by atoms with Crippen molar-refractivity contribution in [2.75, 3.05) is 13.1 Å². The lowest BCUT2D eigenvalue weighted by molar-refractivity contribution is 0.0694. The molecule has 0 bridgehead atoms. The molecule has 0 radical (unpaired) electrons. The van der Waals surface area contributed by atoms with Crippen molar-refractivity contribution < 1.29 is 9.90 Å². The number of carboxylic acids is 1. The van der Waals surface area contributed by atoms with E-state index in [1.165, 1.54) is 5.56 Å². The van der Waals surface area contributed by atoms with Crippen LogP contribution in [0, 0.1) is 6.92 Å². The predicted octanol–water partition coefficient (Wildman–Crippen LogP) is 4.07. The van der Waals surface area contributed by atoms with Crippen molar-refractivity contribution in [2.24, 2.45) is 0 Å². The van der Waals surface area contributed by atoms with Crippen LogP contribution in [0.2, 0.25) is 0 Å². The van der Waals surface area contributed by atoms with Gasteiger partial charge in [0, 0.05) is 6.54 Å². The van der Waals surface area contributed by atoms with E-state index in [2.05, 4.69) is 29.2 Å². The Morgan fingerprint density at radius 3 is 2.43 bits per heavy atom. The summed E-state index contributed by atoms with van der Waals surface area (Å²) in [5, 5.41) is 9.46. The molecule has 1 aliphatic heterocycles. The molecule has 23 heavy (non-hydrogen) atoms. The van der Waals surface area contributed by atoms with E-state index in [9.17, 15) is 9.90 Å². The molecule has 0 spiro atoms. The van der Waals surface area contributed by atoms with Crippen molar-refractivity contribution in [3.63, 3.8) is 0 Å². The van der Waals surface area contributed by atoms with E-state index >= 15 is 0 Å². The van der Waals surface area contributed by atoms with Gasteiger partial charge in [-0.25, -0.2) is 4.79 Å². The second-order valence-electron chi connectivity index (χ2n) is 6.38. The van der Waals surface area contributed by atoms with Crippen molar-refractivity contribution in [1.29, 1.82) is 0 Å². The Balaban J connectivity index is 1.69. The molecule has 1 N–H and O–H groups in total. The van der Waals surface area contributed by atoms with Crippen molar-refractivity contribution >= 4 is 5.97 Å². The first-order valence-electron chi connectivity index (χ1n) is 8.24. The Morgan fingerprint density at radius 1 is 1.09 bits per heavy atom. The lowest BCUT2D eigenvalue weighted by Gasteiger charge is -2.33. The first kappa shape index (κ1) is 15.8. The third-order valence-electron chi connectivity index (χ3n) is 4.80. The number of nitrogens with zero attached hydrogens (tertiary/aromatic N) is 1. The van der Waals surface area contributed by atoms with Gasteiger partial charge in [0.1, 0.15) is 0 Å². The fraction of sp³-hybridized carbons (Fsp3) is 0.350. The lowest BCUT2D eigenvalue weighted by atomic mass is 9.83. The van der Waals surface area contributed by atoms with Crippen LogP contribution in [0.3, 0.4) is 0 Å². The zero-order valence-corrected chi connectivity index (χ0v) is 13.5. The van der Waals surface area contributed by atoms with Gasteiger partial charge in [-0.15, -0.1) is 0 Å². The molecule has 3 rings (SSSR count). The van der Waals surface area contributed by atoms with Crippen LogP contribution in [0.5, 0.6) is 0 Å². The molecule has 3 heteroatoms. The summed E-state index contributed by atoms with van der Waals surface area (Å²) in [6.07, 6.45) is 2.05. The van der Waals surface area contributed by atoms with Crippen molar-refractivity contribution in [1.82, 2.24) is 4.90 Å². The van der Waals surface area contributed by atoms with E-state index < -0.39 is 5.97 Å². The zero-order valence-electron chi connectivity index (χ0n) is 13.5. The fourth-order valence-corrected chi connectivity index (χ4v) is 3.63. The lowest BCUT2D eigenvalue weighted by Crippen LogP contribution is -2.33. The third-order valence-corrected chi connectivity index (χ3v) is 4.80. The minimum absolute atomic E-state index is 0.356. The topological polar surface area (TPSA) is 40.5 Å². The molecule has 0 aromatic heterocycles. The highest BCUT2D eigenvalue weighted by molar-refractivity contribution is 5.90. The Labute approximate surface area is 137 Å². The van der Waals surface area contributed by atoms with Crippen molar-refractivity contribution in [2.45, 2.75) is 32.2 Å². The largest absolute Gasteiger partial charge is 0.478 e. The van der Waals surface area contributed by atoms with Gasteiger partial charge in [0.25, 0.3) is 0 Å². The average molecular weight is 309 g/mol. The molecule has 3 nitrogen and oxygen atoms in total. The second-order valence-corrected chi connectivity index (χ2v) is 6.38. The quantitative estimate of drug-likeness (QED) is 0.925. The second kappa shape index (κ2) is 6.97. The molecule has 0 atom stereocenters. The molecule has 2 aromatic rings. The molecule has 120 valence electrons. The smallest absolute Gasteiger partial charge is 0.335 e. The van der Waals surface area contributed by atoms with Crippen LogP contribution in [0.15, 0.2) is 48.5 Å². The normalized spacial score (nSPS) is 16.4. The maximum absolute atomic E-state index is 11.5. The predicted molar refractivity (Wildman–Crippen MR) is 91.8 cm³/mol. The van der Waals surface area contributed by atoms with Crippen molar-refractivity contribution in [3.05, 3.63) is 70.8 Å². The summed E-state index contributed by atoms with van der Waals surface area (Å²) in [6.45, 7) is 5.05. The van der Waals surface area contributed by atoms with Gasteiger partial charge in [0.05, 0.1) is 5.56 Å². The molecular weight excluding hydrogens is 286 g/mol. The summed E-state index contributed by atoms with van der Waals surface area (Å²) in [4.78, 5) is 14.0. The molecule has 0 unspecified atom stereocenters. The number of carbonyl (C=O) groups is 1. The number of benzene rings is 2. The number of likely N-dealkylation sites (tertiary alicyclic amines) is 1. The summed E-state index contributed by atoms with van der Waals surface area (Å²) in [6, 6.07) is 16.1. The molecule has 0 saturated carbocycles. The summed E-state index contributed by atoms with van der Waals surface area (Å²) < 4.78 is 0. The SMILES string of the molecule is Cc1cccc(C(=O)O)c1C1CCN(Cc2ccccc2)CC1. The number of piperidine rings is 1. The molecule has 0 aliphatic carbocycles. The standard InChI is InChI=1S/C20H23NO2/c1-15-6-5-9-18(20(22)23)19(15)17-10-12-21(13-11-17)14-16-7-3-2-4-8-16/h2-9,17H,10-14H2,1H3,(H,22,23). The highest BCUT2D eigenvalue weighted by Gasteiger charge is 2.25. The Kier molecular flexibility index (Phi) is 4.77. The summed E-state index contributed by atoms with van der Waals surface area (Å²) in [5.41, 5.74) is 3.96. The summed E-state index contributed by atoms with van der Waals surface area (Å²) >= 11 is 0. The highest BCUT2D eigenvalue weighted by atomic mass is 16.4. The van der Waals surface area contributed by atoms with E-state index in [1.54, 1.807) is 6.07 Å².